The van der Waals surface area contributed by atoms with Crippen LogP contribution in [0.25, 0.3) is 10.8 Å². The zero-order valence-electron chi connectivity index (χ0n) is 16.8. The Hall–Kier alpha value is -2.72. The van der Waals surface area contributed by atoms with Gasteiger partial charge in [0.1, 0.15) is 11.8 Å². The number of rotatable bonds is 6. The summed E-state index contributed by atoms with van der Waals surface area (Å²) in [7, 11) is 1.73. The van der Waals surface area contributed by atoms with E-state index >= 15 is 0 Å². The van der Waals surface area contributed by atoms with Crippen molar-refractivity contribution in [2.24, 2.45) is 0 Å². The van der Waals surface area contributed by atoms with Crippen molar-refractivity contribution in [2.45, 2.75) is 26.3 Å². The second kappa shape index (κ2) is 8.11. The zero-order valence-corrected chi connectivity index (χ0v) is 16.8. The molecule has 4 nitrogen and oxygen atoms in total. The molecule has 28 heavy (non-hydrogen) atoms. The number of quaternary nitrogens is 1. The van der Waals surface area contributed by atoms with Crippen molar-refractivity contribution in [1.82, 2.24) is 0 Å². The van der Waals surface area contributed by atoms with E-state index in [1.807, 2.05) is 13.8 Å². The molecule has 3 aromatic rings. The lowest BCUT2D eigenvalue weighted by Gasteiger charge is -2.27. The summed E-state index contributed by atoms with van der Waals surface area (Å²) in [5.74, 6) is 2.60. The van der Waals surface area contributed by atoms with Gasteiger partial charge < -0.3 is 19.5 Å². The lowest BCUT2D eigenvalue weighted by Crippen LogP contribution is -2.87. The van der Waals surface area contributed by atoms with E-state index < -0.39 is 0 Å². The average molecular weight is 378 g/mol. The van der Waals surface area contributed by atoms with Gasteiger partial charge in [-0.2, -0.15) is 0 Å². The molecule has 1 aliphatic heterocycles. The van der Waals surface area contributed by atoms with Crippen LogP contribution < -0.4 is 19.5 Å². The molecule has 1 heterocycles. The molecule has 146 valence electrons. The third-order valence-electron chi connectivity index (χ3n) is 5.43. The fraction of sp³-hybridized carbons (Fsp3) is 0.333. The van der Waals surface area contributed by atoms with Gasteiger partial charge in [0.05, 0.1) is 26.9 Å². The van der Waals surface area contributed by atoms with Gasteiger partial charge in [-0.05, 0) is 49.1 Å². The highest BCUT2D eigenvalue weighted by Crippen LogP contribution is 2.39. The molecule has 0 bridgehead atoms. The first-order valence-corrected chi connectivity index (χ1v) is 10.1. The number of nitrogens with two attached hydrogens (primary N) is 1. The summed E-state index contributed by atoms with van der Waals surface area (Å²) in [6.45, 7) is 6.33. The summed E-state index contributed by atoms with van der Waals surface area (Å²) in [5, 5.41) is 4.81. The maximum absolute atomic E-state index is 5.90. The van der Waals surface area contributed by atoms with Gasteiger partial charge in [0, 0.05) is 22.9 Å². The van der Waals surface area contributed by atoms with E-state index in [1.165, 1.54) is 22.1 Å². The standard InChI is InChI=1S/C24H27NO3/c1-4-27-22-14-16-12-13-25-24(20(16)15-23(22)28-5-2)19-10-11-21(26-3)18-9-7-6-8-17(18)19/h6-11,14-15,24-25H,4-5,12-13H2,1-3H3/p+1. The molecule has 0 saturated carbocycles. The molecule has 4 heteroatoms. The summed E-state index contributed by atoms with van der Waals surface area (Å²) in [6, 6.07) is 17.4. The molecule has 3 aromatic carbocycles. The molecular weight excluding hydrogens is 350 g/mol. The highest BCUT2D eigenvalue weighted by atomic mass is 16.5. The van der Waals surface area contributed by atoms with Crippen LogP contribution in [0, 0.1) is 0 Å². The topological polar surface area (TPSA) is 44.3 Å². The summed E-state index contributed by atoms with van der Waals surface area (Å²) in [4.78, 5) is 0. The smallest absolute Gasteiger partial charge is 0.161 e. The van der Waals surface area contributed by atoms with Crippen molar-refractivity contribution >= 4 is 10.8 Å². The highest BCUT2D eigenvalue weighted by Gasteiger charge is 2.29. The van der Waals surface area contributed by atoms with Gasteiger partial charge in [-0.25, -0.2) is 0 Å². The fourth-order valence-corrected chi connectivity index (χ4v) is 4.23. The minimum Gasteiger partial charge on any atom is -0.496 e. The van der Waals surface area contributed by atoms with E-state index in [0.717, 1.165) is 35.6 Å². The highest BCUT2D eigenvalue weighted by molar-refractivity contribution is 5.91. The van der Waals surface area contributed by atoms with Crippen molar-refractivity contribution in [1.29, 1.82) is 0 Å². The van der Waals surface area contributed by atoms with Crippen molar-refractivity contribution in [3.63, 3.8) is 0 Å². The third-order valence-corrected chi connectivity index (χ3v) is 5.43. The van der Waals surface area contributed by atoms with Crippen LogP contribution in [0.5, 0.6) is 17.2 Å². The molecule has 2 N–H and O–H groups in total. The Morgan fingerprint density at radius 3 is 2.29 bits per heavy atom. The minimum atomic E-state index is 0.231. The van der Waals surface area contributed by atoms with Crippen LogP contribution in [0.2, 0.25) is 0 Å². The molecule has 0 radical (unpaired) electrons. The number of ether oxygens (including phenoxy) is 3. The molecule has 1 aliphatic rings. The van der Waals surface area contributed by atoms with Gasteiger partial charge in [-0.15, -0.1) is 0 Å². The molecule has 1 unspecified atom stereocenters. The molecule has 4 rings (SSSR count). The second-order valence-electron chi connectivity index (χ2n) is 7.02. The van der Waals surface area contributed by atoms with Crippen LogP contribution in [0.15, 0.2) is 48.5 Å². The third kappa shape index (κ3) is 3.29. The predicted molar refractivity (Wildman–Crippen MR) is 112 cm³/mol. The van der Waals surface area contributed by atoms with E-state index in [2.05, 4.69) is 53.8 Å². The Bertz CT molecular complexity index is 983. The summed E-state index contributed by atoms with van der Waals surface area (Å²) in [6.07, 6.45) is 1.03. The SMILES string of the molecule is CCOc1cc2c(cc1OCC)C(c1ccc(OC)c3ccccc13)[NH2+]CC2. The summed E-state index contributed by atoms with van der Waals surface area (Å²) >= 11 is 0. The molecule has 0 aromatic heterocycles. The van der Waals surface area contributed by atoms with Crippen LogP contribution in [-0.2, 0) is 6.42 Å². The van der Waals surface area contributed by atoms with Crippen molar-refractivity contribution in [3.8, 4) is 17.2 Å². The van der Waals surface area contributed by atoms with E-state index in [4.69, 9.17) is 14.2 Å². The molecular formula is C24H28NO3+. The summed E-state index contributed by atoms with van der Waals surface area (Å²) < 4.78 is 17.3. The monoisotopic (exact) mass is 378 g/mol. The number of hydrogen-bond donors (Lipinski definition) is 1. The largest absolute Gasteiger partial charge is 0.496 e. The van der Waals surface area contributed by atoms with Gasteiger partial charge in [-0.3, -0.25) is 0 Å². The lowest BCUT2D eigenvalue weighted by atomic mass is 9.87. The Morgan fingerprint density at radius 1 is 0.857 bits per heavy atom. The van der Waals surface area contributed by atoms with Crippen LogP contribution in [0.4, 0.5) is 0 Å². The molecule has 0 amide bonds. The van der Waals surface area contributed by atoms with Crippen LogP contribution in [-0.4, -0.2) is 26.9 Å². The van der Waals surface area contributed by atoms with E-state index in [0.29, 0.717) is 13.2 Å². The fourth-order valence-electron chi connectivity index (χ4n) is 4.23. The van der Waals surface area contributed by atoms with E-state index in [1.54, 1.807) is 7.11 Å². The van der Waals surface area contributed by atoms with E-state index in [9.17, 15) is 0 Å². The Kier molecular flexibility index (Phi) is 5.40. The van der Waals surface area contributed by atoms with Crippen molar-refractivity contribution in [2.75, 3.05) is 26.9 Å². The Labute approximate surface area is 166 Å². The quantitative estimate of drug-likeness (QED) is 0.708. The normalized spacial score (nSPS) is 15.9. The summed E-state index contributed by atoms with van der Waals surface area (Å²) in [5.41, 5.74) is 3.97. The maximum Gasteiger partial charge on any atom is 0.161 e. The minimum absolute atomic E-state index is 0.231. The lowest BCUT2D eigenvalue weighted by molar-refractivity contribution is -0.689. The first-order valence-electron chi connectivity index (χ1n) is 10.1. The van der Waals surface area contributed by atoms with Gasteiger partial charge in [0.2, 0.25) is 0 Å². The van der Waals surface area contributed by atoms with Crippen LogP contribution >= 0.6 is 0 Å². The van der Waals surface area contributed by atoms with Gasteiger partial charge >= 0.3 is 0 Å². The number of hydrogen-bond acceptors (Lipinski definition) is 3. The molecule has 0 fully saturated rings. The Balaban J connectivity index is 1.86. The first kappa shape index (κ1) is 18.6. The number of benzene rings is 3. The molecule has 0 spiro atoms. The number of methoxy groups -OCH3 is 1. The van der Waals surface area contributed by atoms with Gasteiger partial charge in [0.25, 0.3) is 0 Å². The average Bonchev–Trinajstić information content (AvgIpc) is 2.73. The van der Waals surface area contributed by atoms with Gasteiger partial charge in [0.15, 0.2) is 11.5 Å². The van der Waals surface area contributed by atoms with Gasteiger partial charge in [-0.1, -0.05) is 24.3 Å². The maximum atomic E-state index is 5.90. The van der Waals surface area contributed by atoms with Crippen molar-refractivity contribution < 1.29 is 19.5 Å². The zero-order chi connectivity index (χ0) is 19.5. The van der Waals surface area contributed by atoms with Crippen LogP contribution in [0.1, 0.15) is 36.6 Å². The molecule has 0 aliphatic carbocycles. The second-order valence-corrected chi connectivity index (χ2v) is 7.02. The first-order chi connectivity index (χ1) is 13.8. The predicted octanol–water partition coefficient (Wildman–Crippen LogP) is 3.85. The van der Waals surface area contributed by atoms with E-state index in [-0.39, 0.29) is 6.04 Å². The van der Waals surface area contributed by atoms with Crippen LogP contribution in [0.3, 0.4) is 0 Å². The molecule has 0 saturated heterocycles. The number of fused-ring (bicyclic) bond motifs is 2. The van der Waals surface area contributed by atoms with Crippen molar-refractivity contribution in [3.05, 3.63) is 65.2 Å². The Morgan fingerprint density at radius 2 is 1.57 bits per heavy atom. The molecule has 1 atom stereocenters.